The summed E-state index contributed by atoms with van der Waals surface area (Å²) in [4.78, 5) is 13.1. The number of methoxy groups -OCH3 is 1. The van der Waals surface area contributed by atoms with Crippen molar-refractivity contribution in [1.82, 2.24) is 4.90 Å². The monoisotopic (exact) mass is 307 g/mol. The molecule has 1 rings (SSSR count). The van der Waals surface area contributed by atoms with E-state index in [2.05, 4.69) is 0 Å². The maximum absolute atomic E-state index is 13.2. The minimum Gasteiger partial charge on any atom is -0.496 e. The second kappa shape index (κ2) is 7.40. The van der Waals surface area contributed by atoms with Crippen LogP contribution in [0.4, 0.5) is 17.6 Å². The first-order valence-electron chi connectivity index (χ1n) is 6.42. The molecule has 1 aromatic rings. The molecule has 0 amide bonds. The van der Waals surface area contributed by atoms with Crippen molar-refractivity contribution in [3.8, 4) is 5.75 Å². The van der Waals surface area contributed by atoms with E-state index in [1.165, 1.54) is 13.2 Å². The quantitative estimate of drug-likeness (QED) is 0.572. The number of carbonyl (C=O) groups excluding carboxylic acids is 1. The maximum atomic E-state index is 13.2. The van der Waals surface area contributed by atoms with Crippen LogP contribution < -0.4 is 4.74 Å². The van der Waals surface area contributed by atoms with Crippen LogP contribution >= 0.6 is 0 Å². The predicted molar refractivity (Wildman–Crippen MR) is 70.1 cm³/mol. The highest BCUT2D eigenvalue weighted by Crippen LogP contribution is 2.21. The second-order valence-electron chi connectivity index (χ2n) is 4.59. The van der Waals surface area contributed by atoms with Crippen molar-refractivity contribution in [2.75, 3.05) is 26.7 Å². The molecule has 0 saturated carbocycles. The molecular weight excluding hydrogens is 290 g/mol. The van der Waals surface area contributed by atoms with E-state index in [0.29, 0.717) is 6.42 Å². The van der Waals surface area contributed by atoms with Crippen LogP contribution in [0.15, 0.2) is 18.2 Å². The summed E-state index contributed by atoms with van der Waals surface area (Å²) in [7, 11) is 1.31. The first kappa shape index (κ1) is 17.4. The molecular formula is C14H17F4NO2. The molecule has 3 nitrogen and oxygen atoms in total. The Morgan fingerprint density at radius 2 is 2.00 bits per heavy atom. The molecule has 0 N–H and O–H groups in total. The van der Waals surface area contributed by atoms with Gasteiger partial charge in [-0.2, -0.15) is 13.2 Å². The molecule has 7 heteroatoms. The summed E-state index contributed by atoms with van der Waals surface area (Å²) < 4.78 is 55.5. The molecule has 0 saturated heterocycles. The Morgan fingerprint density at radius 1 is 1.33 bits per heavy atom. The van der Waals surface area contributed by atoms with Gasteiger partial charge in [-0.05, 0) is 31.2 Å². The Morgan fingerprint density at radius 3 is 2.52 bits per heavy atom. The van der Waals surface area contributed by atoms with Crippen LogP contribution in [-0.2, 0) is 0 Å². The minimum absolute atomic E-state index is 0.0548. The Balaban J connectivity index is 2.89. The minimum atomic E-state index is -4.39. The first-order valence-corrected chi connectivity index (χ1v) is 6.42. The van der Waals surface area contributed by atoms with E-state index < -0.39 is 30.9 Å². The van der Waals surface area contributed by atoms with E-state index in [0.717, 1.165) is 17.0 Å². The molecule has 0 unspecified atom stereocenters. The summed E-state index contributed by atoms with van der Waals surface area (Å²) in [5.41, 5.74) is -0.0548. The highest BCUT2D eigenvalue weighted by Gasteiger charge is 2.31. The average Bonchev–Trinajstić information content (AvgIpc) is 2.37. The molecule has 118 valence electrons. The summed E-state index contributed by atoms with van der Waals surface area (Å²) in [6, 6.07) is 3.37. The van der Waals surface area contributed by atoms with Crippen molar-refractivity contribution in [2.24, 2.45) is 0 Å². The van der Waals surface area contributed by atoms with Crippen molar-refractivity contribution in [3.05, 3.63) is 29.6 Å². The van der Waals surface area contributed by atoms with Gasteiger partial charge in [-0.15, -0.1) is 0 Å². The topological polar surface area (TPSA) is 29.5 Å². The number of rotatable bonds is 7. The third-order valence-corrected chi connectivity index (χ3v) is 2.77. The fourth-order valence-electron chi connectivity index (χ4n) is 1.97. The lowest BCUT2D eigenvalue weighted by Gasteiger charge is -2.22. The summed E-state index contributed by atoms with van der Waals surface area (Å²) >= 11 is 0. The van der Waals surface area contributed by atoms with E-state index in [1.807, 2.05) is 0 Å². The van der Waals surface area contributed by atoms with Gasteiger partial charge in [0.05, 0.1) is 25.8 Å². The number of Topliss-reactive ketones (excluding diaryl/α,β-unsaturated/α-hetero) is 1. The van der Waals surface area contributed by atoms with Gasteiger partial charge < -0.3 is 4.74 Å². The molecule has 21 heavy (non-hydrogen) atoms. The predicted octanol–water partition coefficient (Wildman–Crippen LogP) is 3.29. The van der Waals surface area contributed by atoms with Crippen LogP contribution in [0.5, 0.6) is 5.75 Å². The molecule has 0 aliphatic carbocycles. The number of hydrogen-bond donors (Lipinski definition) is 0. The smallest absolute Gasteiger partial charge is 0.401 e. The number of nitrogens with zero attached hydrogens (tertiary/aromatic N) is 1. The number of hydrogen-bond acceptors (Lipinski definition) is 3. The van der Waals surface area contributed by atoms with Crippen LogP contribution in [0.2, 0.25) is 0 Å². The van der Waals surface area contributed by atoms with Gasteiger partial charge in [0.15, 0.2) is 5.78 Å². The zero-order valence-electron chi connectivity index (χ0n) is 11.8. The van der Waals surface area contributed by atoms with Gasteiger partial charge in [-0.3, -0.25) is 9.69 Å². The van der Waals surface area contributed by atoms with Crippen molar-refractivity contribution >= 4 is 5.78 Å². The van der Waals surface area contributed by atoms with Gasteiger partial charge in [-0.25, -0.2) is 4.39 Å². The highest BCUT2D eigenvalue weighted by molar-refractivity contribution is 6.00. The number of carbonyl (C=O) groups is 1. The van der Waals surface area contributed by atoms with Crippen molar-refractivity contribution in [1.29, 1.82) is 0 Å². The summed E-state index contributed by atoms with van der Waals surface area (Å²) in [5.74, 6) is -1.11. The zero-order valence-corrected chi connectivity index (χ0v) is 11.8. The van der Waals surface area contributed by atoms with Crippen LogP contribution in [0.1, 0.15) is 23.7 Å². The van der Waals surface area contributed by atoms with Gasteiger partial charge in [0.2, 0.25) is 0 Å². The van der Waals surface area contributed by atoms with Crippen molar-refractivity contribution in [3.63, 3.8) is 0 Å². The van der Waals surface area contributed by atoms with E-state index in [1.54, 1.807) is 6.92 Å². The van der Waals surface area contributed by atoms with E-state index in [4.69, 9.17) is 4.74 Å². The van der Waals surface area contributed by atoms with Gasteiger partial charge in [0.1, 0.15) is 11.6 Å². The Hall–Kier alpha value is -1.63. The van der Waals surface area contributed by atoms with Crippen LogP contribution in [0.3, 0.4) is 0 Å². The van der Waals surface area contributed by atoms with E-state index in [9.17, 15) is 22.4 Å². The number of ether oxygens (including phenoxy) is 1. The van der Waals surface area contributed by atoms with Crippen LogP contribution in [-0.4, -0.2) is 43.6 Å². The lowest BCUT2D eigenvalue weighted by atomic mass is 10.1. The zero-order chi connectivity index (χ0) is 16.0. The number of halogens is 4. The van der Waals surface area contributed by atoms with Crippen molar-refractivity contribution < 1.29 is 27.1 Å². The largest absolute Gasteiger partial charge is 0.496 e. The molecule has 1 aromatic carbocycles. The highest BCUT2D eigenvalue weighted by atomic mass is 19.4. The molecule has 0 aliphatic heterocycles. The van der Waals surface area contributed by atoms with E-state index in [-0.39, 0.29) is 17.9 Å². The van der Waals surface area contributed by atoms with E-state index >= 15 is 0 Å². The molecule has 0 bridgehead atoms. The van der Waals surface area contributed by atoms with Gasteiger partial charge >= 0.3 is 6.18 Å². The Kier molecular flexibility index (Phi) is 6.14. The normalized spacial score (nSPS) is 11.8. The fraction of sp³-hybridized carbons (Fsp3) is 0.500. The second-order valence-corrected chi connectivity index (χ2v) is 4.59. The third-order valence-electron chi connectivity index (χ3n) is 2.77. The lowest BCUT2D eigenvalue weighted by molar-refractivity contribution is -0.144. The summed E-state index contributed by atoms with van der Waals surface area (Å²) in [6.45, 7) is 0.233. The van der Waals surface area contributed by atoms with Gasteiger partial charge in [-0.1, -0.05) is 6.92 Å². The van der Waals surface area contributed by atoms with Gasteiger partial charge in [0, 0.05) is 0 Å². The van der Waals surface area contributed by atoms with Crippen LogP contribution in [0.25, 0.3) is 0 Å². The number of ketones is 1. The molecule has 0 radical (unpaired) electrons. The Labute approximate surface area is 120 Å². The fourth-order valence-corrected chi connectivity index (χ4v) is 1.97. The summed E-state index contributed by atoms with van der Waals surface area (Å²) in [5, 5.41) is 0. The van der Waals surface area contributed by atoms with Crippen LogP contribution in [0, 0.1) is 5.82 Å². The summed E-state index contributed by atoms with van der Waals surface area (Å²) in [6.07, 6.45) is -3.91. The standard InChI is InChI=1S/C14H17F4NO2/c1-3-6-19(9-14(16,17)18)8-12(20)11-7-10(15)4-5-13(11)21-2/h4-5,7H,3,6,8-9H2,1-2H3. The lowest BCUT2D eigenvalue weighted by Crippen LogP contribution is -2.38. The van der Waals surface area contributed by atoms with Crippen molar-refractivity contribution in [2.45, 2.75) is 19.5 Å². The molecule has 0 spiro atoms. The molecule has 0 aliphatic rings. The number of benzene rings is 1. The SMILES string of the molecule is CCCN(CC(=O)c1cc(F)ccc1OC)CC(F)(F)F. The Bertz CT molecular complexity index is 488. The molecule has 0 aromatic heterocycles. The molecule has 0 heterocycles. The average molecular weight is 307 g/mol. The maximum Gasteiger partial charge on any atom is 0.401 e. The molecule has 0 atom stereocenters. The number of alkyl halides is 3. The third kappa shape index (κ3) is 5.71. The van der Waals surface area contributed by atoms with Gasteiger partial charge in [0.25, 0.3) is 0 Å². The molecule has 0 fully saturated rings. The first-order chi connectivity index (χ1) is 9.76.